The minimum atomic E-state index is -0.237. The first-order valence-corrected chi connectivity index (χ1v) is 7.20. The molecule has 0 saturated heterocycles. The summed E-state index contributed by atoms with van der Waals surface area (Å²) in [5.74, 6) is 0.208. The fraction of sp³-hybridized carbons (Fsp3) is 0.214. The average Bonchev–Trinajstić information content (AvgIpc) is 2.53. The van der Waals surface area contributed by atoms with Gasteiger partial charge in [-0.3, -0.25) is 4.79 Å². The van der Waals surface area contributed by atoms with Gasteiger partial charge in [-0.15, -0.1) is 0 Å². The Hall–Kier alpha value is -2.05. The second-order valence-corrected chi connectivity index (χ2v) is 5.03. The van der Waals surface area contributed by atoms with E-state index < -0.39 is 0 Å². The summed E-state index contributed by atoms with van der Waals surface area (Å²) >= 11 is 11.9. The molecule has 6 nitrogen and oxygen atoms in total. The molecule has 0 spiro atoms. The van der Waals surface area contributed by atoms with Crippen molar-refractivity contribution in [2.24, 2.45) is 0 Å². The Morgan fingerprint density at radius 1 is 1.23 bits per heavy atom. The maximum Gasteiger partial charge on any atom is 0.318 e. The van der Waals surface area contributed by atoms with E-state index in [2.05, 4.69) is 20.6 Å². The lowest BCUT2D eigenvalue weighted by molar-refractivity contribution is 0.0955. The Morgan fingerprint density at radius 2 is 2.00 bits per heavy atom. The van der Waals surface area contributed by atoms with Crippen LogP contribution in [-0.4, -0.2) is 36.1 Å². The zero-order valence-electron chi connectivity index (χ0n) is 11.8. The van der Waals surface area contributed by atoms with E-state index in [4.69, 9.17) is 27.9 Å². The molecule has 1 heterocycles. The van der Waals surface area contributed by atoms with E-state index >= 15 is 0 Å². The van der Waals surface area contributed by atoms with E-state index in [1.165, 1.54) is 13.3 Å². The van der Waals surface area contributed by atoms with Gasteiger partial charge < -0.3 is 15.4 Å². The molecule has 0 aliphatic heterocycles. The van der Waals surface area contributed by atoms with Crippen molar-refractivity contribution in [3.63, 3.8) is 0 Å². The maximum atomic E-state index is 11.9. The molecule has 0 radical (unpaired) electrons. The molecular formula is C14H14Cl2N4O2. The maximum absolute atomic E-state index is 11.9. The number of carbonyl (C=O) groups excluding carboxylic acids is 1. The third-order valence-electron chi connectivity index (χ3n) is 2.73. The van der Waals surface area contributed by atoms with Crippen molar-refractivity contribution >= 4 is 34.9 Å². The monoisotopic (exact) mass is 340 g/mol. The predicted molar refractivity (Wildman–Crippen MR) is 85.9 cm³/mol. The first kappa shape index (κ1) is 16.3. The Balaban J connectivity index is 1.85. The minimum Gasteiger partial charge on any atom is -0.467 e. The van der Waals surface area contributed by atoms with Gasteiger partial charge in [-0.25, -0.2) is 4.98 Å². The Morgan fingerprint density at radius 3 is 2.73 bits per heavy atom. The van der Waals surface area contributed by atoms with Gasteiger partial charge in [-0.1, -0.05) is 35.3 Å². The van der Waals surface area contributed by atoms with Crippen molar-refractivity contribution in [3.05, 3.63) is 46.1 Å². The van der Waals surface area contributed by atoms with Crippen molar-refractivity contribution in [2.45, 2.75) is 0 Å². The van der Waals surface area contributed by atoms with E-state index in [0.29, 0.717) is 34.5 Å². The first-order chi connectivity index (χ1) is 10.6. The number of hydrogen-bond donors (Lipinski definition) is 2. The zero-order chi connectivity index (χ0) is 15.9. The third-order valence-corrected chi connectivity index (χ3v) is 3.33. The number of anilines is 1. The van der Waals surface area contributed by atoms with Crippen LogP contribution < -0.4 is 15.4 Å². The molecule has 0 aliphatic rings. The van der Waals surface area contributed by atoms with Crippen LogP contribution >= 0.6 is 23.2 Å². The number of aromatic nitrogens is 2. The highest BCUT2D eigenvalue weighted by Gasteiger charge is 2.09. The molecule has 116 valence electrons. The average molecular weight is 341 g/mol. The third kappa shape index (κ3) is 4.22. The van der Waals surface area contributed by atoms with Crippen LogP contribution in [0.1, 0.15) is 10.4 Å². The number of ether oxygens (including phenoxy) is 1. The van der Waals surface area contributed by atoms with Crippen LogP contribution in [0.3, 0.4) is 0 Å². The molecule has 0 aliphatic carbocycles. The van der Waals surface area contributed by atoms with Crippen molar-refractivity contribution < 1.29 is 9.53 Å². The van der Waals surface area contributed by atoms with Crippen LogP contribution in [0.15, 0.2) is 30.5 Å². The fourth-order valence-electron chi connectivity index (χ4n) is 1.67. The first-order valence-electron chi connectivity index (χ1n) is 6.45. The molecule has 0 fully saturated rings. The van der Waals surface area contributed by atoms with Crippen molar-refractivity contribution in [2.75, 3.05) is 25.5 Å². The summed E-state index contributed by atoms with van der Waals surface area (Å²) in [5.41, 5.74) is 0.436. The summed E-state index contributed by atoms with van der Waals surface area (Å²) in [7, 11) is 1.47. The minimum absolute atomic E-state index is 0.215. The summed E-state index contributed by atoms with van der Waals surface area (Å²) in [5, 5.41) is 6.54. The van der Waals surface area contributed by atoms with Crippen molar-refractivity contribution in [1.82, 2.24) is 15.3 Å². The van der Waals surface area contributed by atoms with Gasteiger partial charge in [0.15, 0.2) is 5.82 Å². The highest BCUT2D eigenvalue weighted by atomic mass is 35.5. The normalized spacial score (nSPS) is 10.1. The molecular weight excluding hydrogens is 327 g/mol. The van der Waals surface area contributed by atoms with E-state index in [1.807, 2.05) is 0 Å². The number of carbonyl (C=O) groups is 1. The van der Waals surface area contributed by atoms with Gasteiger partial charge in [0, 0.05) is 13.1 Å². The van der Waals surface area contributed by atoms with Crippen LogP contribution in [0, 0.1) is 0 Å². The van der Waals surface area contributed by atoms with E-state index in [1.54, 1.807) is 24.3 Å². The van der Waals surface area contributed by atoms with Crippen LogP contribution in [-0.2, 0) is 0 Å². The van der Waals surface area contributed by atoms with Gasteiger partial charge in [0.25, 0.3) is 5.91 Å². The number of benzene rings is 1. The number of nitrogens with zero attached hydrogens (tertiary/aromatic N) is 2. The number of rotatable bonds is 6. The molecule has 8 heteroatoms. The number of nitrogens with one attached hydrogen (secondary N) is 2. The lowest BCUT2D eigenvalue weighted by Gasteiger charge is -2.09. The number of hydrogen-bond acceptors (Lipinski definition) is 5. The van der Waals surface area contributed by atoms with Gasteiger partial charge in [-0.05, 0) is 12.1 Å². The van der Waals surface area contributed by atoms with Gasteiger partial charge in [-0.2, -0.15) is 4.98 Å². The lowest BCUT2D eigenvalue weighted by atomic mass is 10.2. The van der Waals surface area contributed by atoms with Gasteiger partial charge in [0.05, 0.1) is 23.9 Å². The van der Waals surface area contributed by atoms with Gasteiger partial charge in [0.2, 0.25) is 0 Å². The van der Waals surface area contributed by atoms with E-state index in [0.717, 1.165) is 0 Å². The molecule has 0 atom stereocenters. The largest absolute Gasteiger partial charge is 0.467 e. The van der Waals surface area contributed by atoms with Crippen LogP contribution in [0.25, 0.3) is 0 Å². The molecule has 2 aromatic rings. The van der Waals surface area contributed by atoms with E-state index in [9.17, 15) is 4.79 Å². The number of methoxy groups -OCH3 is 1. The summed E-state index contributed by atoms with van der Waals surface area (Å²) in [6.45, 7) is 0.822. The second kappa shape index (κ2) is 7.82. The van der Waals surface area contributed by atoms with Gasteiger partial charge in [0.1, 0.15) is 5.02 Å². The SMILES string of the molecule is COc1ncc(Cl)c(NCCNC(=O)c2ccccc2Cl)n1. The highest BCUT2D eigenvalue weighted by Crippen LogP contribution is 2.19. The smallest absolute Gasteiger partial charge is 0.318 e. The molecule has 0 bridgehead atoms. The quantitative estimate of drug-likeness (QED) is 0.790. The predicted octanol–water partition coefficient (Wildman–Crippen LogP) is 2.63. The number of halogens is 2. The molecule has 0 saturated carbocycles. The molecule has 2 N–H and O–H groups in total. The summed E-state index contributed by atoms with van der Waals surface area (Å²) in [4.78, 5) is 19.9. The molecule has 22 heavy (non-hydrogen) atoms. The van der Waals surface area contributed by atoms with E-state index in [-0.39, 0.29) is 11.9 Å². The summed E-state index contributed by atoms with van der Waals surface area (Å²) in [6, 6.07) is 7.07. The van der Waals surface area contributed by atoms with Crippen LogP contribution in [0.2, 0.25) is 10.0 Å². The van der Waals surface area contributed by atoms with Gasteiger partial charge >= 0.3 is 6.01 Å². The topological polar surface area (TPSA) is 76.1 Å². The molecule has 1 aromatic heterocycles. The second-order valence-electron chi connectivity index (χ2n) is 4.22. The molecule has 0 unspecified atom stereocenters. The molecule has 2 rings (SSSR count). The van der Waals surface area contributed by atoms with Crippen LogP contribution in [0.4, 0.5) is 5.82 Å². The highest BCUT2D eigenvalue weighted by molar-refractivity contribution is 6.33. The van der Waals surface area contributed by atoms with Crippen molar-refractivity contribution in [1.29, 1.82) is 0 Å². The standard InChI is InChI=1S/C14H14Cl2N4O2/c1-22-14-19-8-11(16)12(20-14)17-6-7-18-13(21)9-4-2-3-5-10(9)15/h2-5,8H,6-7H2,1H3,(H,18,21)(H,17,19,20). The Kier molecular flexibility index (Phi) is 5.80. The summed E-state index contributed by atoms with van der Waals surface area (Å²) < 4.78 is 4.92. The molecule has 1 amide bonds. The Labute approximate surface area is 137 Å². The lowest BCUT2D eigenvalue weighted by Crippen LogP contribution is -2.29. The molecule has 1 aromatic carbocycles. The fourth-order valence-corrected chi connectivity index (χ4v) is 2.05. The summed E-state index contributed by atoms with van der Waals surface area (Å²) in [6.07, 6.45) is 1.44. The van der Waals surface area contributed by atoms with Crippen molar-refractivity contribution in [3.8, 4) is 6.01 Å². The van der Waals surface area contributed by atoms with Crippen LogP contribution in [0.5, 0.6) is 6.01 Å². The number of amides is 1. The Bertz CT molecular complexity index is 667. The zero-order valence-corrected chi connectivity index (χ0v) is 13.3.